The molecule has 0 spiro atoms. The molecule has 0 saturated carbocycles. The Morgan fingerprint density at radius 3 is 2.06 bits per heavy atom. The third-order valence-corrected chi connectivity index (χ3v) is 7.16. The first-order valence-electron chi connectivity index (χ1n) is 10.1. The van der Waals surface area contributed by atoms with Crippen LogP contribution in [0, 0.1) is 0 Å². The molecule has 0 fully saturated rings. The molecule has 180 valence electrons. The molecule has 0 saturated heterocycles. The molecule has 0 radical (unpaired) electrons. The molecule has 2 aromatic rings. The quantitative estimate of drug-likeness (QED) is 0.476. The summed E-state index contributed by atoms with van der Waals surface area (Å²) in [6.45, 7) is 4.62. The topological polar surface area (TPSA) is 86.8 Å². The molecule has 0 heterocycles. The van der Waals surface area contributed by atoms with Crippen molar-refractivity contribution < 1.29 is 18.0 Å². The lowest BCUT2D eigenvalue weighted by molar-refractivity contribution is -0.139. The Bertz CT molecular complexity index is 1090. The van der Waals surface area contributed by atoms with Gasteiger partial charge in [-0.2, -0.15) is 0 Å². The molecule has 0 bridgehead atoms. The number of amides is 2. The van der Waals surface area contributed by atoms with E-state index in [2.05, 4.69) is 21.2 Å². The molecule has 11 heteroatoms. The number of nitrogens with one attached hydrogen (secondary N) is 1. The highest BCUT2D eigenvalue weighted by atomic mass is 79.9. The van der Waals surface area contributed by atoms with Crippen molar-refractivity contribution in [1.29, 1.82) is 0 Å². The summed E-state index contributed by atoms with van der Waals surface area (Å²) in [5, 5.41) is 3.45. The average molecular weight is 579 g/mol. The first-order chi connectivity index (χ1) is 15.3. The highest BCUT2D eigenvalue weighted by Gasteiger charge is 2.31. The molecule has 2 amide bonds. The summed E-state index contributed by atoms with van der Waals surface area (Å²) < 4.78 is 26.8. The maximum Gasteiger partial charge on any atom is 0.244 e. The van der Waals surface area contributed by atoms with Crippen molar-refractivity contribution in [2.75, 3.05) is 17.1 Å². The molecule has 33 heavy (non-hydrogen) atoms. The molecule has 0 aliphatic rings. The number of halogens is 3. The summed E-state index contributed by atoms with van der Waals surface area (Å²) >= 11 is 15.9. The number of hydrogen-bond acceptors (Lipinski definition) is 4. The smallest absolute Gasteiger partial charge is 0.244 e. The van der Waals surface area contributed by atoms with Gasteiger partial charge in [-0.3, -0.25) is 13.9 Å². The largest absolute Gasteiger partial charge is 0.352 e. The molecule has 0 aromatic heterocycles. The molecule has 2 rings (SSSR count). The molecule has 7 nitrogen and oxygen atoms in total. The highest BCUT2D eigenvalue weighted by Crippen LogP contribution is 2.27. The zero-order chi connectivity index (χ0) is 24.9. The summed E-state index contributed by atoms with van der Waals surface area (Å²) in [6, 6.07) is 10.4. The number of carbonyl (C=O) groups excluding carboxylic acids is 2. The second-order valence-corrected chi connectivity index (χ2v) is 11.4. The summed E-state index contributed by atoms with van der Waals surface area (Å²) in [6.07, 6.45) is 1.02. The standard InChI is InChI=1S/C22H26BrCl2N3O4S/c1-14(2)26-22(30)15(3)27(12-18-19(24)6-5-7-20(18)25)21(29)13-28(33(4,31)32)17-10-8-16(23)9-11-17/h5-11,14-15H,12-13H2,1-4H3,(H,26,30). The van der Waals surface area contributed by atoms with Gasteiger partial charge in [0.25, 0.3) is 0 Å². The average Bonchev–Trinajstić information content (AvgIpc) is 2.70. The van der Waals surface area contributed by atoms with E-state index in [0.717, 1.165) is 15.0 Å². The first-order valence-corrected chi connectivity index (χ1v) is 13.5. The third kappa shape index (κ3) is 7.60. The minimum atomic E-state index is -3.80. The van der Waals surface area contributed by atoms with E-state index >= 15 is 0 Å². The van der Waals surface area contributed by atoms with Gasteiger partial charge in [-0.25, -0.2) is 8.42 Å². The number of nitrogens with zero attached hydrogens (tertiary/aromatic N) is 2. The molecule has 0 aliphatic carbocycles. The second kappa shape index (κ2) is 11.6. The number of anilines is 1. The number of hydrogen-bond donors (Lipinski definition) is 1. The SMILES string of the molecule is CC(C)NC(=O)C(C)N(Cc1c(Cl)cccc1Cl)C(=O)CN(c1ccc(Br)cc1)S(C)(=O)=O. The molecular formula is C22H26BrCl2N3O4S. The minimum Gasteiger partial charge on any atom is -0.352 e. The van der Waals surface area contributed by atoms with Crippen LogP contribution >= 0.6 is 39.1 Å². The van der Waals surface area contributed by atoms with Gasteiger partial charge in [0.05, 0.1) is 11.9 Å². The first kappa shape index (κ1) is 27.4. The van der Waals surface area contributed by atoms with Crippen LogP contribution in [-0.4, -0.2) is 50.0 Å². The number of benzene rings is 2. The van der Waals surface area contributed by atoms with Crippen LogP contribution in [0.1, 0.15) is 26.3 Å². The van der Waals surface area contributed by atoms with Gasteiger partial charge in [0.1, 0.15) is 12.6 Å². The lowest BCUT2D eigenvalue weighted by Gasteiger charge is -2.32. The van der Waals surface area contributed by atoms with E-state index in [1.54, 1.807) is 63.2 Å². The summed E-state index contributed by atoms with van der Waals surface area (Å²) in [7, 11) is -3.80. The Kier molecular flexibility index (Phi) is 9.60. The van der Waals surface area contributed by atoms with Crippen molar-refractivity contribution in [1.82, 2.24) is 10.2 Å². The van der Waals surface area contributed by atoms with E-state index < -0.39 is 28.5 Å². The van der Waals surface area contributed by atoms with E-state index in [0.29, 0.717) is 21.3 Å². The van der Waals surface area contributed by atoms with Crippen LogP contribution in [0.15, 0.2) is 46.9 Å². The Morgan fingerprint density at radius 2 is 1.58 bits per heavy atom. The maximum atomic E-state index is 13.4. The van der Waals surface area contributed by atoms with Crippen LogP contribution < -0.4 is 9.62 Å². The molecule has 2 aromatic carbocycles. The fraction of sp³-hybridized carbons (Fsp3) is 0.364. The lowest BCUT2D eigenvalue weighted by Crippen LogP contribution is -2.52. The van der Waals surface area contributed by atoms with Crippen molar-refractivity contribution >= 4 is 66.7 Å². The third-order valence-electron chi connectivity index (χ3n) is 4.78. The lowest BCUT2D eigenvalue weighted by atomic mass is 10.1. The normalized spacial score (nSPS) is 12.4. The van der Waals surface area contributed by atoms with E-state index in [1.807, 2.05) is 0 Å². The highest BCUT2D eigenvalue weighted by molar-refractivity contribution is 9.10. The van der Waals surface area contributed by atoms with Crippen LogP contribution in [0.4, 0.5) is 5.69 Å². The monoisotopic (exact) mass is 577 g/mol. The van der Waals surface area contributed by atoms with Gasteiger partial charge in [0, 0.05) is 32.7 Å². The zero-order valence-corrected chi connectivity index (χ0v) is 22.6. The van der Waals surface area contributed by atoms with Gasteiger partial charge in [-0.1, -0.05) is 45.2 Å². The summed E-state index contributed by atoms with van der Waals surface area (Å²) in [4.78, 5) is 27.5. The van der Waals surface area contributed by atoms with Crippen molar-refractivity contribution in [2.45, 2.75) is 39.4 Å². The fourth-order valence-electron chi connectivity index (χ4n) is 3.06. The summed E-state index contributed by atoms with van der Waals surface area (Å²) in [5.74, 6) is -0.957. The van der Waals surface area contributed by atoms with E-state index in [9.17, 15) is 18.0 Å². The Morgan fingerprint density at radius 1 is 1.03 bits per heavy atom. The molecule has 0 aliphatic heterocycles. The van der Waals surface area contributed by atoms with Crippen LogP contribution in [-0.2, 0) is 26.2 Å². The molecular weight excluding hydrogens is 553 g/mol. The number of carbonyl (C=O) groups is 2. The Balaban J connectivity index is 2.44. The van der Waals surface area contributed by atoms with Crippen molar-refractivity contribution in [2.24, 2.45) is 0 Å². The van der Waals surface area contributed by atoms with E-state index in [1.165, 1.54) is 4.90 Å². The van der Waals surface area contributed by atoms with Crippen molar-refractivity contribution in [3.05, 3.63) is 62.5 Å². The van der Waals surface area contributed by atoms with Crippen LogP contribution in [0.25, 0.3) is 0 Å². The van der Waals surface area contributed by atoms with Gasteiger partial charge < -0.3 is 10.2 Å². The van der Waals surface area contributed by atoms with E-state index in [4.69, 9.17) is 23.2 Å². The van der Waals surface area contributed by atoms with Gasteiger partial charge in [-0.05, 0) is 57.2 Å². The number of sulfonamides is 1. The predicted molar refractivity (Wildman–Crippen MR) is 136 cm³/mol. The van der Waals surface area contributed by atoms with Gasteiger partial charge in [-0.15, -0.1) is 0 Å². The molecule has 1 unspecified atom stereocenters. The second-order valence-electron chi connectivity index (χ2n) is 7.81. The van der Waals surface area contributed by atoms with Crippen molar-refractivity contribution in [3.63, 3.8) is 0 Å². The van der Waals surface area contributed by atoms with Crippen LogP contribution in [0.2, 0.25) is 10.0 Å². The zero-order valence-electron chi connectivity index (χ0n) is 18.7. The van der Waals surface area contributed by atoms with Gasteiger partial charge in [0.2, 0.25) is 21.8 Å². The van der Waals surface area contributed by atoms with E-state index in [-0.39, 0.29) is 18.5 Å². The maximum absolute atomic E-state index is 13.4. The van der Waals surface area contributed by atoms with Crippen molar-refractivity contribution in [3.8, 4) is 0 Å². The number of rotatable bonds is 9. The fourth-order valence-corrected chi connectivity index (χ4v) is 4.69. The molecule has 1 N–H and O–H groups in total. The molecule has 1 atom stereocenters. The van der Waals surface area contributed by atoms with Crippen LogP contribution in [0.3, 0.4) is 0 Å². The van der Waals surface area contributed by atoms with Gasteiger partial charge in [0.15, 0.2) is 0 Å². The minimum absolute atomic E-state index is 0.0675. The predicted octanol–water partition coefficient (Wildman–Crippen LogP) is 4.46. The van der Waals surface area contributed by atoms with Gasteiger partial charge >= 0.3 is 0 Å². The Hall–Kier alpha value is -1.81. The Labute approximate surface area is 213 Å². The van der Waals surface area contributed by atoms with Crippen LogP contribution in [0.5, 0.6) is 0 Å². The summed E-state index contributed by atoms with van der Waals surface area (Å²) in [5.41, 5.74) is 0.789.